The quantitative estimate of drug-likeness (QED) is 0.560. The number of aromatic nitrogens is 1. The van der Waals surface area contributed by atoms with Crippen LogP contribution in [0.1, 0.15) is 56.6 Å². The first-order valence-corrected chi connectivity index (χ1v) is 12.2. The van der Waals surface area contributed by atoms with E-state index in [1.54, 1.807) is 4.90 Å². The highest BCUT2D eigenvalue weighted by atomic mass is 32.2. The largest absolute Gasteiger partial charge is 0.376 e. The molecule has 0 bridgehead atoms. The number of nitrogens with zero attached hydrogens (tertiary/aromatic N) is 3. The molecule has 0 N–H and O–H groups in total. The lowest BCUT2D eigenvalue weighted by molar-refractivity contribution is -0.123. The van der Waals surface area contributed by atoms with Crippen LogP contribution in [0, 0.1) is 0 Å². The molecule has 5 nitrogen and oxygen atoms in total. The summed E-state index contributed by atoms with van der Waals surface area (Å²) in [5.74, 6) is 0.0283. The Labute approximate surface area is 188 Å². The average molecular weight is 436 g/mol. The van der Waals surface area contributed by atoms with E-state index in [4.69, 9.17) is 9.73 Å². The number of thioether (sulfide) groups is 1. The van der Waals surface area contributed by atoms with Gasteiger partial charge in [-0.05, 0) is 67.3 Å². The van der Waals surface area contributed by atoms with Crippen LogP contribution in [0.25, 0.3) is 6.08 Å². The lowest BCUT2D eigenvalue weighted by Crippen LogP contribution is -2.36. The number of hydrogen-bond donors (Lipinski definition) is 0. The van der Waals surface area contributed by atoms with Gasteiger partial charge in [-0.3, -0.25) is 9.69 Å². The summed E-state index contributed by atoms with van der Waals surface area (Å²) >= 11 is 1.47. The van der Waals surface area contributed by atoms with E-state index in [9.17, 15) is 4.79 Å². The fourth-order valence-electron chi connectivity index (χ4n) is 4.63. The van der Waals surface area contributed by atoms with E-state index < -0.39 is 0 Å². The Balaban J connectivity index is 1.39. The van der Waals surface area contributed by atoms with Crippen molar-refractivity contribution in [2.75, 3.05) is 13.2 Å². The Bertz CT molecular complexity index is 970. The minimum absolute atomic E-state index is 0.0283. The van der Waals surface area contributed by atoms with Crippen LogP contribution >= 0.6 is 11.8 Å². The molecule has 2 aromatic rings. The van der Waals surface area contributed by atoms with Crippen molar-refractivity contribution in [1.29, 1.82) is 0 Å². The predicted molar refractivity (Wildman–Crippen MR) is 126 cm³/mol. The number of carbonyl (C=O) groups is 1. The molecule has 1 amide bonds. The lowest BCUT2D eigenvalue weighted by atomic mass is 9.95. The zero-order valence-corrected chi connectivity index (χ0v) is 18.6. The molecule has 3 aliphatic rings. The van der Waals surface area contributed by atoms with Gasteiger partial charge >= 0.3 is 0 Å². The van der Waals surface area contributed by atoms with E-state index >= 15 is 0 Å². The van der Waals surface area contributed by atoms with Gasteiger partial charge in [0.2, 0.25) is 0 Å². The minimum atomic E-state index is 0.0283. The van der Waals surface area contributed by atoms with Crippen LogP contribution in [0.3, 0.4) is 0 Å². The summed E-state index contributed by atoms with van der Waals surface area (Å²) in [6.45, 7) is 1.35. The van der Waals surface area contributed by atoms with Crippen molar-refractivity contribution in [3.8, 4) is 0 Å². The maximum Gasteiger partial charge on any atom is 0.266 e. The molecule has 162 valence electrons. The predicted octanol–water partition coefficient (Wildman–Crippen LogP) is 5.78. The van der Waals surface area contributed by atoms with Crippen LogP contribution in [-0.2, 0) is 9.53 Å². The van der Waals surface area contributed by atoms with Crippen molar-refractivity contribution in [3.05, 3.63) is 59.3 Å². The lowest BCUT2D eigenvalue weighted by Gasteiger charge is -2.23. The maximum atomic E-state index is 13.3. The number of aliphatic imine (C=N–C) groups is 1. The molecule has 1 aromatic carbocycles. The number of rotatable bonds is 5. The molecule has 2 aliphatic heterocycles. The number of amides is 1. The fourth-order valence-corrected chi connectivity index (χ4v) is 5.64. The molecule has 6 heteroatoms. The van der Waals surface area contributed by atoms with Crippen LogP contribution < -0.4 is 0 Å². The van der Waals surface area contributed by atoms with Crippen molar-refractivity contribution < 1.29 is 9.53 Å². The van der Waals surface area contributed by atoms with Gasteiger partial charge in [-0.1, -0.05) is 37.5 Å². The molecule has 3 fully saturated rings. The third-order valence-corrected chi connectivity index (χ3v) is 7.32. The van der Waals surface area contributed by atoms with Gasteiger partial charge in [0.25, 0.3) is 5.91 Å². The Morgan fingerprint density at radius 3 is 2.68 bits per heavy atom. The molecule has 0 radical (unpaired) electrons. The topological polar surface area (TPSA) is 46.8 Å². The second-order valence-electron chi connectivity index (χ2n) is 8.58. The molecule has 2 saturated heterocycles. The van der Waals surface area contributed by atoms with E-state index in [0.717, 1.165) is 40.8 Å². The van der Waals surface area contributed by atoms with Gasteiger partial charge in [-0.25, -0.2) is 4.99 Å². The van der Waals surface area contributed by atoms with Crippen molar-refractivity contribution in [2.24, 2.45) is 4.99 Å². The summed E-state index contributed by atoms with van der Waals surface area (Å²) in [4.78, 5) is 20.6. The first-order valence-electron chi connectivity index (χ1n) is 11.4. The number of para-hydroxylation sites is 1. The number of benzene rings is 1. The number of carbonyl (C=O) groups excluding carboxylic acids is 1. The third-order valence-electron chi connectivity index (χ3n) is 6.31. The average Bonchev–Trinajstić information content (AvgIpc) is 3.54. The van der Waals surface area contributed by atoms with Crippen LogP contribution in [0.15, 0.2) is 58.7 Å². The molecule has 3 heterocycles. The molecule has 1 aromatic heterocycles. The second-order valence-corrected chi connectivity index (χ2v) is 9.58. The van der Waals surface area contributed by atoms with E-state index in [1.807, 2.05) is 36.4 Å². The summed E-state index contributed by atoms with van der Waals surface area (Å²) in [5, 5.41) is 0.740. The molecular weight excluding hydrogens is 406 g/mol. The van der Waals surface area contributed by atoms with Gasteiger partial charge in [-0.15, -0.1) is 0 Å². The van der Waals surface area contributed by atoms with Crippen molar-refractivity contribution in [2.45, 2.75) is 57.1 Å². The van der Waals surface area contributed by atoms with Gasteiger partial charge in [0, 0.05) is 25.0 Å². The number of hydrogen-bond acceptors (Lipinski definition) is 4. The Morgan fingerprint density at radius 2 is 1.90 bits per heavy atom. The van der Waals surface area contributed by atoms with Gasteiger partial charge < -0.3 is 9.30 Å². The molecule has 1 unspecified atom stereocenters. The SMILES string of the molecule is O=C1/C(=C\c2ccn(C3CCCCC3)c2)SC(=Nc2ccccc2)N1CC1CCCO1. The van der Waals surface area contributed by atoms with Gasteiger partial charge in [-0.2, -0.15) is 0 Å². The minimum Gasteiger partial charge on any atom is -0.376 e. The monoisotopic (exact) mass is 435 g/mol. The highest BCUT2D eigenvalue weighted by Gasteiger charge is 2.36. The molecule has 0 spiro atoms. The highest BCUT2D eigenvalue weighted by molar-refractivity contribution is 8.18. The van der Waals surface area contributed by atoms with Gasteiger partial charge in [0.1, 0.15) is 0 Å². The standard InChI is InChI=1S/C25H29N3O2S/c29-24-23(16-19-13-14-27(17-19)21-10-5-2-6-11-21)31-25(26-20-8-3-1-4-9-20)28(24)18-22-12-7-15-30-22/h1,3-4,8-9,13-14,16-17,21-22H,2,5-7,10-12,15,18H2/b23-16+,26-25?. The zero-order valence-electron chi connectivity index (χ0n) is 17.8. The van der Waals surface area contributed by atoms with Crippen molar-refractivity contribution >= 4 is 34.6 Å². The fraction of sp³-hybridized carbons (Fsp3) is 0.440. The molecule has 5 rings (SSSR count). The smallest absolute Gasteiger partial charge is 0.266 e. The van der Waals surface area contributed by atoms with Crippen LogP contribution in [0.5, 0.6) is 0 Å². The third kappa shape index (κ3) is 4.80. The second kappa shape index (κ2) is 9.45. The zero-order chi connectivity index (χ0) is 21.0. The summed E-state index contributed by atoms with van der Waals surface area (Å²) < 4.78 is 8.14. The molecule has 1 saturated carbocycles. The Morgan fingerprint density at radius 1 is 1.06 bits per heavy atom. The molecule has 31 heavy (non-hydrogen) atoms. The highest BCUT2D eigenvalue weighted by Crippen LogP contribution is 2.35. The Hall–Kier alpha value is -2.31. The molecule has 1 atom stereocenters. The van der Waals surface area contributed by atoms with Crippen molar-refractivity contribution in [3.63, 3.8) is 0 Å². The maximum absolute atomic E-state index is 13.3. The summed E-state index contributed by atoms with van der Waals surface area (Å²) in [6.07, 6.45) is 15.0. The summed E-state index contributed by atoms with van der Waals surface area (Å²) in [7, 11) is 0. The van der Waals surface area contributed by atoms with Gasteiger partial charge in [0.15, 0.2) is 5.17 Å². The molecule has 1 aliphatic carbocycles. The summed E-state index contributed by atoms with van der Waals surface area (Å²) in [6, 6.07) is 12.6. The summed E-state index contributed by atoms with van der Waals surface area (Å²) in [5.41, 5.74) is 1.94. The van der Waals surface area contributed by atoms with Crippen LogP contribution in [-0.4, -0.2) is 39.8 Å². The number of amidine groups is 1. The van der Waals surface area contributed by atoms with Crippen molar-refractivity contribution in [1.82, 2.24) is 9.47 Å². The van der Waals surface area contributed by atoms with E-state index in [-0.39, 0.29) is 12.0 Å². The first-order chi connectivity index (χ1) is 15.3. The Kier molecular flexibility index (Phi) is 6.27. The normalized spacial score (nSPS) is 25.2. The van der Waals surface area contributed by atoms with E-state index in [0.29, 0.717) is 12.6 Å². The van der Waals surface area contributed by atoms with Crippen LogP contribution in [0.4, 0.5) is 5.69 Å². The number of ether oxygens (including phenoxy) is 1. The van der Waals surface area contributed by atoms with Gasteiger partial charge in [0.05, 0.1) is 23.2 Å². The van der Waals surface area contributed by atoms with E-state index in [2.05, 4.69) is 23.0 Å². The molecular formula is C25H29N3O2S. The van der Waals surface area contributed by atoms with Crippen LogP contribution in [0.2, 0.25) is 0 Å². The first kappa shape index (κ1) is 20.6. The van der Waals surface area contributed by atoms with E-state index in [1.165, 1.54) is 43.9 Å².